The van der Waals surface area contributed by atoms with Crippen molar-refractivity contribution in [2.75, 3.05) is 0 Å². The lowest BCUT2D eigenvalue weighted by Crippen LogP contribution is -2.09. The van der Waals surface area contributed by atoms with Crippen LogP contribution in [0.1, 0.15) is 34.2 Å². The quantitative estimate of drug-likeness (QED) is 0.690. The Hall–Kier alpha value is -2.62. The molecule has 0 unspecified atom stereocenters. The van der Waals surface area contributed by atoms with Crippen molar-refractivity contribution in [3.05, 3.63) is 65.2 Å². The average Bonchev–Trinajstić information content (AvgIpc) is 2.53. The molecule has 0 aliphatic rings. The average molecular weight is 277 g/mol. The van der Waals surface area contributed by atoms with E-state index in [0.29, 0.717) is 17.5 Å². The number of fused-ring (bicyclic) bond motifs is 1. The molecule has 3 aromatic rings. The number of carbonyl (C=O) groups is 1. The number of carbonyl (C=O) groups excluding carboxylic acids is 1. The van der Waals surface area contributed by atoms with Crippen LogP contribution in [-0.2, 0) is 6.42 Å². The maximum Gasteiger partial charge on any atom is 0.195 e. The Bertz CT molecular complexity index is 822. The third-order valence-electron chi connectivity index (χ3n) is 3.50. The van der Waals surface area contributed by atoms with Crippen LogP contribution in [0.4, 0.5) is 0 Å². The second kappa shape index (κ2) is 5.40. The number of rotatable bonds is 3. The first-order valence-corrected chi connectivity index (χ1v) is 6.91. The van der Waals surface area contributed by atoms with Gasteiger partial charge in [0.1, 0.15) is 0 Å². The van der Waals surface area contributed by atoms with Gasteiger partial charge in [-0.05, 0) is 30.9 Å². The molecule has 3 rings (SSSR count). The van der Waals surface area contributed by atoms with Crippen molar-refractivity contribution in [2.45, 2.75) is 20.3 Å². The molecule has 0 atom stereocenters. The largest absolute Gasteiger partial charge is 0.289 e. The number of aromatic nitrogens is 3. The Morgan fingerprint density at radius 3 is 2.81 bits per heavy atom. The highest BCUT2D eigenvalue weighted by Crippen LogP contribution is 2.22. The molecule has 0 fully saturated rings. The number of nitrogens with zero attached hydrogens (tertiary/aromatic N) is 3. The molecule has 0 spiro atoms. The molecule has 4 nitrogen and oxygen atoms in total. The van der Waals surface area contributed by atoms with Crippen LogP contribution in [-0.4, -0.2) is 21.0 Å². The smallest absolute Gasteiger partial charge is 0.195 e. The molecule has 4 heteroatoms. The Kier molecular flexibility index (Phi) is 3.44. The number of ketones is 1. The molecular weight excluding hydrogens is 262 g/mol. The van der Waals surface area contributed by atoms with Gasteiger partial charge in [0.25, 0.3) is 0 Å². The van der Waals surface area contributed by atoms with Gasteiger partial charge in [0, 0.05) is 28.9 Å². The fourth-order valence-corrected chi connectivity index (χ4v) is 2.44. The first kappa shape index (κ1) is 13.4. The molecule has 0 aliphatic heterocycles. The van der Waals surface area contributed by atoms with Gasteiger partial charge in [0.05, 0.1) is 11.4 Å². The van der Waals surface area contributed by atoms with Crippen LogP contribution in [0.15, 0.2) is 42.7 Å². The Labute approximate surface area is 122 Å². The highest BCUT2D eigenvalue weighted by molar-refractivity contribution is 6.16. The van der Waals surface area contributed by atoms with Gasteiger partial charge in [-0.15, -0.1) is 0 Å². The molecule has 104 valence electrons. The molecule has 0 saturated heterocycles. The van der Waals surface area contributed by atoms with E-state index in [1.165, 1.54) is 0 Å². The van der Waals surface area contributed by atoms with Crippen LogP contribution in [0.25, 0.3) is 10.8 Å². The number of aryl methyl sites for hydroxylation is 2. The van der Waals surface area contributed by atoms with E-state index in [9.17, 15) is 4.79 Å². The van der Waals surface area contributed by atoms with E-state index in [0.717, 1.165) is 22.2 Å². The van der Waals surface area contributed by atoms with Gasteiger partial charge in [-0.3, -0.25) is 9.78 Å². The molecule has 0 radical (unpaired) electrons. The van der Waals surface area contributed by atoms with Crippen molar-refractivity contribution in [3.8, 4) is 0 Å². The molecule has 0 N–H and O–H groups in total. The monoisotopic (exact) mass is 277 g/mol. The lowest BCUT2D eigenvalue weighted by molar-refractivity contribution is 0.103. The van der Waals surface area contributed by atoms with Gasteiger partial charge < -0.3 is 0 Å². The molecular formula is C17H15N3O. The topological polar surface area (TPSA) is 55.7 Å². The Morgan fingerprint density at radius 2 is 2.00 bits per heavy atom. The summed E-state index contributed by atoms with van der Waals surface area (Å²) in [6.45, 7) is 3.82. The lowest BCUT2D eigenvalue weighted by Gasteiger charge is -2.08. The standard InChI is InChI=1S/C17H15N3O/c1-3-16-15(9-11(2)19-20-16)17(21)14-6-4-5-12-10-18-8-7-13(12)14/h4-10H,3H2,1-2H3. The van der Waals surface area contributed by atoms with Crippen LogP contribution in [0.5, 0.6) is 0 Å². The number of hydrogen-bond acceptors (Lipinski definition) is 4. The van der Waals surface area contributed by atoms with E-state index >= 15 is 0 Å². The fraction of sp³-hybridized carbons (Fsp3) is 0.176. The van der Waals surface area contributed by atoms with Gasteiger partial charge in [-0.25, -0.2) is 0 Å². The van der Waals surface area contributed by atoms with Crippen molar-refractivity contribution < 1.29 is 4.79 Å². The zero-order chi connectivity index (χ0) is 14.8. The van der Waals surface area contributed by atoms with Crippen molar-refractivity contribution in [3.63, 3.8) is 0 Å². The maximum atomic E-state index is 12.9. The predicted molar refractivity (Wildman–Crippen MR) is 81.3 cm³/mol. The lowest BCUT2D eigenvalue weighted by atomic mass is 9.96. The van der Waals surface area contributed by atoms with Crippen molar-refractivity contribution in [1.82, 2.24) is 15.2 Å². The molecule has 2 aromatic heterocycles. The summed E-state index contributed by atoms with van der Waals surface area (Å²) in [6.07, 6.45) is 4.15. The van der Waals surface area contributed by atoms with E-state index < -0.39 is 0 Å². The van der Waals surface area contributed by atoms with Crippen molar-refractivity contribution >= 4 is 16.6 Å². The van der Waals surface area contributed by atoms with E-state index in [2.05, 4.69) is 15.2 Å². The minimum absolute atomic E-state index is 0.0124. The third-order valence-corrected chi connectivity index (χ3v) is 3.50. The number of benzene rings is 1. The first-order valence-electron chi connectivity index (χ1n) is 6.91. The van der Waals surface area contributed by atoms with Crippen LogP contribution >= 0.6 is 0 Å². The SMILES string of the molecule is CCc1nnc(C)cc1C(=O)c1cccc2cnccc12. The minimum atomic E-state index is -0.0124. The third kappa shape index (κ3) is 2.40. The second-order valence-corrected chi connectivity index (χ2v) is 4.93. The van der Waals surface area contributed by atoms with Gasteiger partial charge in [-0.1, -0.05) is 25.1 Å². The normalized spacial score (nSPS) is 10.8. The molecule has 0 bridgehead atoms. The van der Waals surface area contributed by atoms with Gasteiger partial charge in [0.15, 0.2) is 5.78 Å². The number of hydrogen-bond donors (Lipinski definition) is 0. The summed E-state index contributed by atoms with van der Waals surface area (Å²) in [5, 5.41) is 10.0. The summed E-state index contributed by atoms with van der Waals surface area (Å²) in [5.41, 5.74) is 2.79. The zero-order valence-corrected chi connectivity index (χ0v) is 12.0. The molecule has 1 aromatic carbocycles. The summed E-state index contributed by atoms with van der Waals surface area (Å²) in [4.78, 5) is 17.0. The van der Waals surface area contributed by atoms with Gasteiger partial charge >= 0.3 is 0 Å². The van der Waals surface area contributed by atoms with E-state index in [-0.39, 0.29) is 5.78 Å². The molecule has 0 saturated carbocycles. The summed E-state index contributed by atoms with van der Waals surface area (Å²) in [7, 11) is 0. The van der Waals surface area contributed by atoms with Gasteiger partial charge in [-0.2, -0.15) is 10.2 Å². The second-order valence-electron chi connectivity index (χ2n) is 4.93. The van der Waals surface area contributed by atoms with Crippen LogP contribution in [0.3, 0.4) is 0 Å². The van der Waals surface area contributed by atoms with E-state index in [4.69, 9.17) is 0 Å². The van der Waals surface area contributed by atoms with Gasteiger partial charge in [0.2, 0.25) is 0 Å². The minimum Gasteiger partial charge on any atom is -0.289 e. The van der Waals surface area contributed by atoms with Crippen LogP contribution in [0.2, 0.25) is 0 Å². The van der Waals surface area contributed by atoms with Crippen LogP contribution < -0.4 is 0 Å². The summed E-state index contributed by atoms with van der Waals surface area (Å²) in [6, 6.07) is 9.37. The zero-order valence-electron chi connectivity index (χ0n) is 12.0. The summed E-state index contributed by atoms with van der Waals surface area (Å²) in [5.74, 6) is -0.0124. The van der Waals surface area contributed by atoms with Crippen molar-refractivity contribution in [2.24, 2.45) is 0 Å². The molecule has 0 aliphatic carbocycles. The number of pyridine rings is 1. The Morgan fingerprint density at radius 1 is 1.14 bits per heavy atom. The maximum absolute atomic E-state index is 12.9. The highest BCUT2D eigenvalue weighted by Gasteiger charge is 2.17. The molecule has 0 amide bonds. The predicted octanol–water partition coefficient (Wildman–Crippen LogP) is 3.13. The summed E-state index contributed by atoms with van der Waals surface area (Å²) < 4.78 is 0. The molecule has 2 heterocycles. The van der Waals surface area contributed by atoms with Crippen molar-refractivity contribution in [1.29, 1.82) is 0 Å². The highest BCUT2D eigenvalue weighted by atomic mass is 16.1. The van der Waals surface area contributed by atoms with Crippen LogP contribution in [0, 0.1) is 6.92 Å². The summed E-state index contributed by atoms with van der Waals surface area (Å²) >= 11 is 0. The Balaban J connectivity index is 2.20. The fourth-order valence-electron chi connectivity index (χ4n) is 2.44. The first-order chi connectivity index (χ1) is 10.2. The van der Waals surface area contributed by atoms with E-state index in [1.807, 2.05) is 44.2 Å². The molecule has 21 heavy (non-hydrogen) atoms. The van der Waals surface area contributed by atoms with E-state index in [1.54, 1.807) is 12.4 Å².